The Hall–Kier alpha value is -2.50. The SMILES string of the molecule is COc1cc(OC)c(N2CCC(N3CCCCC3)CC2)cc1C(=O)/C=C/c1ccccc1Cl. The van der Waals surface area contributed by atoms with Gasteiger partial charge in [0.25, 0.3) is 0 Å². The van der Waals surface area contributed by atoms with Crippen LogP contribution in [0.2, 0.25) is 5.02 Å². The highest BCUT2D eigenvalue weighted by Crippen LogP contribution is 2.37. The molecule has 0 bridgehead atoms. The molecule has 0 aromatic heterocycles. The lowest BCUT2D eigenvalue weighted by Crippen LogP contribution is -2.46. The third-order valence-corrected chi connectivity index (χ3v) is 7.14. The summed E-state index contributed by atoms with van der Waals surface area (Å²) in [5.74, 6) is 1.11. The third kappa shape index (κ3) is 5.53. The molecule has 33 heavy (non-hydrogen) atoms. The molecule has 2 saturated heterocycles. The quantitative estimate of drug-likeness (QED) is 0.384. The number of rotatable bonds is 7. The molecule has 5 nitrogen and oxygen atoms in total. The number of piperidine rings is 2. The number of allylic oxidation sites excluding steroid dienone is 1. The Balaban J connectivity index is 1.54. The number of likely N-dealkylation sites (tertiary alicyclic amines) is 1. The Morgan fingerprint density at radius 1 is 0.970 bits per heavy atom. The zero-order chi connectivity index (χ0) is 23.2. The predicted octanol–water partition coefficient (Wildman–Crippen LogP) is 5.71. The highest BCUT2D eigenvalue weighted by atomic mass is 35.5. The van der Waals surface area contributed by atoms with Crippen molar-refractivity contribution in [2.24, 2.45) is 0 Å². The normalized spacial score (nSPS) is 18.0. The summed E-state index contributed by atoms with van der Waals surface area (Å²) in [7, 11) is 3.24. The Bertz CT molecular complexity index is 993. The minimum atomic E-state index is -0.126. The summed E-state index contributed by atoms with van der Waals surface area (Å²) in [6, 6.07) is 11.9. The molecular weight excluding hydrogens is 436 g/mol. The maximum atomic E-state index is 13.1. The van der Waals surface area contributed by atoms with Gasteiger partial charge in [0.1, 0.15) is 11.5 Å². The van der Waals surface area contributed by atoms with Crippen LogP contribution >= 0.6 is 11.6 Å². The fourth-order valence-electron chi connectivity index (χ4n) is 4.94. The van der Waals surface area contributed by atoms with Crippen LogP contribution in [0.5, 0.6) is 11.5 Å². The Kier molecular flexibility index (Phi) is 7.94. The van der Waals surface area contributed by atoms with Crippen molar-refractivity contribution in [2.45, 2.75) is 38.1 Å². The van der Waals surface area contributed by atoms with E-state index in [9.17, 15) is 4.79 Å². The summed E-state index contributed by atoms with van der Waals surface area (Å²) >= 11 is 6.23. The number of hydrogen-bond acceptors (Lipinski definition) is 5. The molecule has 2 aromatic rings. The highest BCUT2D eigenvalue weighted by molar-refractivity contribution is 6.32. The molecule has 2 fully saturated rings. The summed E-state index contributed by atoms with van der Waals surface area (Å²) in [6.45, 7) is 4.36. The van der Waals surface area contributed by atoms with E-state index in [2.05, 4.69) is 9.80 Å². The smallest absolute Gasteiger partial charge is 0.189 e. The van der Waals surface area contributed by atoms with Gasteiger partial charge in [-0.1, -0.05) is 36.2 Å². The van der Waals surface area contributed by atoms with Crippen molar-refractivity contribution in [1.82, 2.24) is 4.90 Å². The van der Waals surface area contributed by atoms with Crippen molar-refractivity contribution in [3.63, 3.8) is 0 Å². The van der Waals surface area contributed by atoms with E-state index in [4.69, 9.17) is 21.1 Å². The highest BCUT2D eigenvalue weighted by Gasteiger charge is 2.28. The van der Waals surface area contributed by atoms with Crippen LogP contribution in [0.3, 0.4) is 0 Å². The Morgan fingerprint density at radius 2 is 1.67 bits per heavy atom. The van der Waals surface area contributed by atoms with Gasteiger partial charge in [0.15, 0.2) is 5.78 Å². The van der Waals surface area contributed by atoms with Gasteiger partial charge in [-0.05, 0) is 68.6 Å². The molecule has 0 atom stereocenters. The Morgan fingerprint density at radius 3 is 2.33 bits per heavy atom. The van der Waals surface area contributed by atoms with Gasteiger partial charge in [0, 0.05) is 30.2 Å². The second-order valence-corrected chi connectivity index (χ2v) is 9.17. The number of benzene rings is 2. The first-order chi connectivity index (χ1) is 16.1. The average Bonchev–Trinajstić information content (AvgIpc) is 2.88. The van der Waals surface area contributed by atoms with Crippen LogP contribution in [0.1, 0.15) is 48.0 Å². The number of nitrogens with zero attached hydrogens (tertiary/aromatic N) is 2. The minimum Gasteiger partial charge on any atom is -0.496 e. The summed E-state index contributed by atoms with van der Waals surface area (Å²) in [6.07, 6.45) is 9.56. The molecule has 6 heteroatoms. The number of ketones is 1. The maximum absolute atomic E-state index is 13.1. The van der Waals surface area contributed by atoms with Gasteiger partial charge in [-0.2, -0.15) is 0 Å². The van der Waals surface area contributed by atoms with Gasteiger partial charge in [0.2, 0.25) is 0 Å². The van der Waals surface area contributed by atoms with Crippen LogP contribution in [0.15, 0.2) is 42.5 Å². The van der Waals surface area contributed by atoms with Gasteiger partial charge in [-0.15, -0.1) is 0 Å². The van der Waals surface area contributed by atoms with Crippen molar-refractivity contribution < 1.29 is 14.3 Å². The number of anilines is 1. The molecule has 0 N–H and O–H groups in total. The summed E-state index contributed by atoms with van der Waals surface area (Å²) in [5, 5.41) is 0.612. The molecule has 176 valence electrons. The van der Waals surface area contributed by atoms with Crippen LogP contribution < -0.4 is 14.4 Å². The van der Waals surface area contributed by atoms with Gasteiger partial charge < -0.3 is 19.3 Å². The lowest BCUT2D eigenvalue weighted by Gasteiger charge is -2.41. The summed E-state index contributed by atoms with van der Waals surface area (Å²) in [5.41, 5.74) is 2.28. The number of methoxy groups -OCH3 is 2. The van der Waals surface area contributed by atoms with E-state index < -0.39 is 0 Å². The van der Waals surface area contributed by atoms with Crippen molar-refractivity contribution in [1.29, 1.82) is 0 Å². The van der Waals surface area contributed by atoms with E-state index in [1.807, 2.05) is 36.4 Å². The first-order valence-corrected chi connectivity index (χ1v) is 12.2. The number of hydrogen-bond donors (Lipinski definition) is 0. The molecule has 4 rings (SSSR count). The van der Waals surface area contributed by atoms with Crippen LogP contribution in [-0.2, 0) is 0 Å². The molecule has 2 aliphatic heterocycles. The molecule has 2 aromatic carbocycles. The van der Waals surface area contributed by atoms with Crippen molar-refractivity contribution in [3.05, 3.63) is 58.6 Å². The van der Waals surface area contributed by atoms with Crippen molar-refractivity contribution in [3.8, 4) is 11.5 Å². The topological polar surface area (TPSA) is 42.0 Å². The lowest BCUT2D eigenvalue weighted by atomic mass is 9.98. The van der Waals surface area contributed by atoms with Crippen LogP contribution in [0.25, 0.3) is 6.08 Å². The molecule has 0 radical (unpaired) electrons. The average molecular weight is 469 g/mol. The number of halogens is 1. The number of ether oxygens (including phenoxy) is 2. The Labute approximate surface area is 201 Å². The fraction of sp³-hybridized carbons (Fsp3) is 0.444. The van der Waals surface area contributed by atoms with Crippen molar-refractivity contribution in [2.75, 3.05) is 45.3 Å². The standard InChI is InChI=1S/C27H33ClN2O3/c1-32-26-19-27(33-2)24(30-16-12-21(13-17-30)29-14-6-3-7-15-29)18-22(26)25(31)11-10-20-8-4-5-9-23(20)28/h4-5,8-11,18-19,21H,3,6-7,12-17H2,1-2H3/b11-10+. The summed E-state index contributed by atoms with van der Waals surface area (Å²) < 4.78 is 11.2. The van der Waals surface area contributed by atoms with E-state index in [-0.39, 0.29) is 5.78 Å². The van der Waals surface area contributed by atoms with Crippen LogP contribution in [0, 0.1) is 0 Å². The molecular formula is C27H33ClN2O3. The second-order valence-electron chi connectivity index (χ2n) is 8.76. The van der Waals surface area contributed by atoms with Gasteiger partial charge in [0.05, 0.1) is 25.5 Å². The van der Waals surface area contributed by atoms with Gasteiger partial charge >= 0.3 is 0 Å². The van der Waals surface area contributed by atoms with E-state index in [0.29, 0.717) is 22.4 Å². The molecule has 0 saturated carbocycles. The largest absolute Gasteiger partial charge is 0.496 e. The van der Waals surface area contributed by atoms with Crippen molar-refractivity contribution >= 4 is 29.1 Å². The van der Waals surface area contributed by atoms with Crippen LogP contribution in [-0.4, -0.2) is 57.1 Å². The third-order valence-electron chi connectivity index (χ3n) is 6.80. The molecule has 0 unspecified atom stereocenters. The molecule has 0 spiro atoms. The summed E-state index contributed by atoms with van der Waals surface area (Å²) in [4.78, 5) is 18.1. The second kappa shape index (κ2) is 11.1. The zero-order valence-corrected chi connectivity index (χ0v) is 20.3. The molecule has 2 heterocycles. The number of carbonyl (C=O) groups excluding carboxylic acids is 1. The van der Waals surface area contributed by atoms with Gasteiger partial charge in [-0.25, -0.2) is 0 Å². The first-order valence-electron chi connectivity index (χ1n) is 11.8. The molecule has 2 aliphatic rings. The van der Waals surface area contributed by atoms with E-state index in [0.717, 1.165) is 42.9 Å². The maximum Gasteiger partial charge on any atom is 0.189 e. The predicted molar refractivity (Wildman–Crippen MR) is 135 cm³/mol. The van der Waals surface area contributed by atoms with E-state index in [1.165, 1.54) is 32.4 Å². The first kappa shape index (κ1) is 23.7. The van der Waals surface area contributed by atoms with Gasteiger partial charge in [-0.3, -0.25) is 4.79 Å². The van der Waals surface area contributed by atoms with Crippen LogP contribution in [0.4, 0.5) is 5.69 Å². The van der Waals surface area contributed by atoms with E-state index in [1.54, 1.807) is 26.4 Å². The molecule has 0 aliphatic carbocycles. The fourth-order valence-corrected chi connectivity index (χ4v) is 5.14. The number of carbonyl (C=O) groups is 1. The zero-order valence-electron chi connectivity index (χ0n) is 19.6. The van der Waals surface area contributed by atoms with E-state index >= 15 is 0 Å². The minimum absolute atomic E-state index is 0.126. The molecule has 0 amide bonds. The monoisotopic (exact) mass is 468 g/mol. The lowest BCUT2D eigenvalue weighted by molar-refractivity contribution is 0.104.